The van der Waals surface area contributed by atoms with Gasteiger partial charge in [-0.3, -0.25) is 4.79 Å². The topological polar surface area (TPSA) is 58.6 Å². The average molecular weight is 181 g/mol. The summed E-state index contributed by atoms with van der Waals surface area (Å²) in [6.07, 6.45) is 0.587. The highest BCUT2D eigenvalue weighted by atomic mass is 16.5. The molecule has 70 valence electrons. The van der Waals surface area contributed by atoms with Gasteiger partial charge in [0.2, 0.25) is 6.41 Å². The Kier molecular flexibility index (Phi) is 3.14. The van der Waals surface area contributed by atoms with Crippen LogP contribution in [0.4, 0.5) is 0 Å². The summed E-state index contributed by atoms with van der Waals surface area (Å²) in [6.45, 7) is 0.319. The van der Waals surface area contributed by atoms with Crippen LogP contribution in [0.5, 0.6) is 11.5 Å². The molecule has 0 radical (unpaired) electrons. The van der Waals surface area contributed by atoms with Crippen LogP contribution in [0.1, 0.15) is 5.56 Å². The van der Waals surface area contributed by atoms with Crippen molar-refractivity contribution in [3.8, 4) is 11.5 Å². The molecule has 1 aromatic carbocycles. The second kappa shape index (κ2) is 4.35. The standard InChI is InChI=1S/C9H11NO3/c1-13-8-3-2-7(5-10-6-11)9(12)4-8/h2-4,6,12H,5H2,1H3,(H,10,11). The molecule has 0 unspecified atom stereocenters. The van der Waals surface area contributed by atoms with E-state index in [4.69, 9.17) is 4.74 Å². The second-order valence-corrected chi connectivity index (χ2v) is 2.49. The summed E-state index contributed by atoms with van der Waals surface area (Å²) in [6, 6.07) is 4.92. The third-order valence-electron chi connectivity index (χ3n) is 1.67. The lowest BCUT2D eigenvalue weighted by Gasteiger charge is -2.05. The van der Waals surface area contributed by atoms with E-state index in [0.717, 1.165) is 0 Å². The lowest BCUT2D eigenvalue weighted by molar-refractivity contribution is -0.109. The van der Waals surface area contributed by atoms with E-state index in [1.54, 1.807) is 12.1 Å². The summed E-state index contributed by atoms with van der Waals surface area (Å²) in [4.78, 5) is 10.00. The molecule has 1 aromatic rings. The number of amides is 1. The molecule has 1 rings (SSSR count). The quantitative estimate of drug-likeness (QED) is 0.670. The predicted octanol–water partition coefficient (Wildman–Crippen LogP) is 0.647. The van der Waals surface area contributed by atoms with Gasteiger partial charge in [-0.2, -0.15) is 0 Å². The number of phenols is 1. The first-order valence-corrected chi connectivity index (χ1v) is 3.81. The van der Waals surface area contributed by atoms with E-state index in [1.807, 2.05) is 0 Å². The van der Waals surface area contributed by atoms with Gasteiger partial charge in [0, 0.05) is 18.2 Å². The number of methoxy groups -OCH3 is 1. The first-order chi connectivity index (χ1) is 6.27. The molecule has 0 aliphatic rings. The molecule has 13 heavy (non-hydrogen) atoms. The summed E-state index contributed by atoms with van der Waals surface area (Å²) in [5.74, 6) is 0.709. The lowest BCUT2D eigenvalue weighted by Crippen LogP contribution is -2.09. The largest absolute Gasteiger partial charge is 0.507 e. The van der Waals surface area contributed by atoms with Gasteiger partial charge in [0.25, 0.3) is 0 Å². The first-order valence-electron chi connectivity index (χ1n) is 3.81. The number of benzene rings is 1. The number of ether oxygens (including phenoxy) is 1. The highest BCUT2D eigenvalue weighted by Gasteiger charge is 2.01. The zero-order valence-electron chi connectivity index (χ0n) is 7.28. The Morgan fingerprint density at radius 1 is 1.62 bits per heavy atom. The Balaban J connectivity index is 2.78. The van der Waals surface area contributed by atoms with Crippen molar-refractivity contribution in [2.24, 2.45) is 0 Å². The Morgan fingerprint density at radius 3 is 2.92 bits per heavy atom. The molecule has 0 saturated carbocycles. The van der Waals surface area contributed by atoms with E-state index in [0.29, 0.717) is 24.3 Å². The minimum atomic E-state index is 0.119. The van der Waals surface area contributed by atoms with Crippen LogP contribution in [-0.4, -0.2) is 18.6 Å². The number of carbonyl (C=O) groups is 1. The minimum Gasteiger partial charge on any atom is -0.507 e. The van der Waals surface area contributed by atoms with Crippen molar-refractivity contribution < 1.29 is 14.6 Å². The van der Waals surface area contributed by atoms with E-state index < -0.39 is 0 Å². The number of carbonyl (C=O) groups excluding carboxylic acids is 1. The Morgan fingerprint density at radius 2 is 2.38 bits per heavy atom. The van der Waals surface area contributed by atoms with E-state index in [-0.39, 0.29) is 5.75 Å². The minimum absolute atomic E-state index is 0.119. The van der Waals surface area contributed by atoms with Gasteiger partial charge in [-0.1, -0.05) is 0 Å². The van der Waals surface area contributed by atoms with E-state index in [1.165, 1.54) is 13.2 Å². The lowest BCUT2D eigenvalue weighted by atomic mass is 10.2. The maximum atomic E-state index is 10.00. The molecule has 0 aliphatic carbocycles. The molecule has 0 bridgehead atoms. The molecule has 0 saturated heterocycles. The maximum Gasteiger partial charge on any atom is 0.207 e. The number of aromatic hydroxyl groups is 1. The monoisotopic (exact) mass is 181 g/mol. The van der Waals surface area contributed by atoms with Crippen LogP contribution in [-0.2, 0) is 11.3 Å². The van der Waals surface area contributed by atoms with Gasteiger partial charge < -0.3 is 15.2 Å². The van der Waals surface area contributed by atoms with E-state index in [9.17, 15) is 9.90 Å². The van der Waals surface area contributed by atoms with Crippen molar-refractivity contribution in [1.29, 1.82) is 0 Å². The number of phenolic OH excluding ortho intramolecular Hbond substituents is 1. The summed E-state index contributed by atoms with van der Waals surface area (Å²) in [5, 5.41) is 11.9. The van der Waals surface area contributed by atoms with Crippen LogP contribution in [0, 0.1) is 0 Å². The van der Waals surface area contributed by atoms with Gasteiger partial charge in [-0.15, -0.1) is 0 Å². The number of rotatable bonds is 4. The van der Waals surface area contributed by atoms with Crippen molar-refractivity contribution >= 4 is 6.41 Å². The Bertz CT molecular complexity index is 299. The third-order valence-corrected chi connectivity index (χ3v) is 1.67. The third kappa shape index (κ3) is 2.37. The average Bonchev–Trinajstić information content (AvgIpc) is 2.16. The molecule has 0 spiro atoms. The summed E-state index contributed by atoms with van der Waals surface area (Å²) in [7, 11) is 1.53. The second-order valence-electron chi connectivity index (χ2n) is 2.49. The van der Waals surface area contributed by atoms with E-state index >= 15 is 0 Å². The molecule has 0 fully saturated rings. The molecule has 0 heterocycles. The van der Waals surface area contributed by atoms with Crippen LogP contribution in [0.2, 0.25) is 0 Å². The fourth-order valence-electron chi connectivity index (χ4n) is 0.972. The Hall–Kier alpha value is -1.71. The van der Waals surface area contributed by atoms with Crippen molar-refractivity contribution in [3.05, 3.63) is 23.8 Å². The fraction of sp³-hybridized carbons (Fsp3) is 0.222. The molecule has 0 aromatic heterocycles. The number of hydrogen-bond acceptors (Lipinski definition) is 3. The van der Waals surface area contributed by atoms with Gasteiger partial charge in [0.05, 0.1) is 7.11 Å². The first kappa shape index (κ1) is 9.38. The van der Waals surface area contributed by atoms with Crippen molar-refractivity contribution in [2.75, 3.05) is 7.11 Å². The van der Waals surface area contributed by atoms with E-state index in [2.05, 4.69) is 5.32 Å². The highest BCUT2D eigenvalue weighted by Crippen LogP contribution is 2.22. The van der Waals surface area contributed by atoms with Crippen LogP contribution in [0.3, 0.4) is 0 Å². The van der Waals surface area contributed by atoms with Gasteiger partial charge in [0.15, 0.2) is 0 Å². The predicted molar refractivity (Wildman–Crippen MR) is 47.6 cm³/mol. The molecular weight excluding hydrogens is 170 g/mol. The summed E-state index contributed by atoms with van der Waals surface area (Å²) < 4.78 is 4.90. The van der Waals surface area contributed by atoms with Crippen LogP contribution >= 0.6 is 0 Å². The van der Waals surface area contributed by atoms with Crippen molar-refractivity contribution in [2.45, 2.75) is 6.54 Å². The van der Waals surface area contributed by atoms with Gasteiger partial charge >= 0.3 is 0 Å². The molecule has 2 N–H and O–H groups in total. The summed E-state index contributed by atoms with van der Waals surface area (Å²) >= 11 is 0. The normalized spacial score (nSPS) is 9.31. The SMILES string of the molecule is COc1ccc(CNC=O)c(O)c1. The maximum absolute atomic E-state index is 10.00. The zero-order valence-corrected chi connectivity index (χ0v) is 7.28. The molecule has 0 aliphatic heterocycles. The molecule has 4 heteroatoms. The van der Waals surface area contributed by atoms with Crippen molar-refractivity contribution in [1.82, 2.24) is 5.32 Å². The number of hydrogen-bond donors (Lipinski definition) is 2. The zero-order chi connectivity index (χ0) is 9.68. The van der Waals surface area contributed by atoms with Gasteiger partial charge in [-0.25, -0.2) is 0 Å². The Labute approximate surface area is 76.1 Å². The van der Waals surface area contributed by atoms with Crippen LogP contribution in [0.15, 0.2) is 18.2 Å². The molecular formula is C9H11NO3. The fourth-order valence-corrected chi connectivity index (χ4v) is 0.972. The van der Waals surface area contributed by atoms with Crippen LogP contribution in [0.25, 0.3) is 0 Å². The molecule has 1 amide bonds. The molecule has 0 atom stereocenters. The smallest absolute Gasteiger partial charge is 0.207 e. The molecule has 4 nitrogen and oxygen atoms in total. The number of nitrogens with one attached hydrogen (secondary N) is 1. The van der Waals surface area contributed by atoms with Crippen molar-refractivity contribution in [3.63, 3.8) is 0 Å². The summed E-state index contributed by atoms with van der Waals surface area (Å²) in [5.41, 5.74) is 0.660. The van der Waals surface area contributed by atoms with Gasteiger partial charge in [-0.05, 0) is 12.1 Å². The van der Waals surface area contributed by atoms with Crippen LogP contribution < -0.4 is 10.1 Å². The highest BCUT2D eigenvalue weighted by molar-refractivity contribution is 5.48. The van der Waals surface area contributed by atoms with Gasteiger partial charge in [0.1, 0.15) is 11.5 Å².